The average Bonchev–Trinajstić information content (AvgIpc) is 2.35. The van der Waals surface area contributed by atoms with E-state index in [1.165, 1.54) is 13.2 Å². The van der Waals surface area contributed by atoms with Gasteiger partial charge in [-0.05, 0) is 51.5 Å². The van der Waals surface area contributed by atoms with Crippen LogP contribution in [-0.2, 0) is 9.53 Å². The van der Waals surface area contributed by atoms with Gasteiger partial charge in [0, 0.05) is 11.1 Å². The molecule has 0 unspecified atom stereocenters. The lowest BCUT2D eigenvalue weighted by atomic mass is 9.97. The smallest absolute Gasteiger partial charge is 0.339 e. The predicted molar refractivity (Wildman–Crippen MR) is 78.1 cm³/mol. The molecule has 1 rings (SSSR count). The van der Waals surface area contributed by atoms with E-state index in [1.54, 1.807) is 26.8 Å². The molecule has 108 valence electrons. The first-order valence-electron chi connectivity index (χ1n) is 6.43. The van der Waals surface area contributed by atoms with Crippen molar-refractivity contribution in [3.63, 3.8) is 0 Å². The number of carbonyl (C=O) groups excluding carboxylic acids is 2. The fourth-order valence-corrected chi connectivity index (χ4v) is 2.12. The lowest BCUT2D eigenvalue weighted by Gasteiger charge is -2.16. The van der Waals surface area contributed by atoms with E-state index in [0.29, 0.717) is 23.2 Å². The molecular weight excluding hydrogens is 256 g/mol. The highest BCUT2D eigenvalue weighted by Gasteiger charge is 2.20. The molecule has 0 fully saturated rings. The second kappa shape index (κ2) is 6.89. The number of hydrogen-bond acceptors (Lipinski definition) is 4. The van der Waals surface area contributed by atoms with Gasteiger partial charge in [0.05, 0.1) is 18.8 Å². The number of aldehydes is 1. The maximum Gasteiger partial charge on any atom is 0.339 e. The summed E-state index contributed by atoms with van der Waals surface area (Å²) in [6.07, 6.45) is 3.57. The van der Waals surface area contributed by atoms with Crippen LogP contribution in [0, 0.1) is 13.8 Å². The van der Waals surface area contributed by atoms with Crippen molar-refractivity contribution < 1.29 is 19.1 Å². The van der Waals surface area contributed by atoms with E-state index < -0.39 is 0 Å². The van der Waals surface area contributed by atoms with E-state index >= 15 is 0 Å². The average molecular weight is 276 g/mol. The van der Waals surface area contributed by atoms with E-state index in [-0.39, 0.29) is 12.1 Å². The summed E-state index contributed by atoms with van der Waals surface area (Å²) in [5, 5.41) is 0. The van der Waals surface area contributed by atoms with Gasteiger partial charge in [0.1, 0.15) is 12.0 Å². The minimum Gasteiger partial charge on any atom is -0.496 e. The third-order valence-electron chi connectivity index (χ3n) is 2.85. The second-order valence-corrected chi connectivity index (χ2v) is 4.77. The molecular formula is C16H20O4. The number of rotatable bonds is 5. The van der Waals surface area contributed by atoms with Crippen molar-refractivity contribution in [3.8, 4) is 5.75 Å². The monoisotopic (exact) mass is 276 g/mol. The summed E-state index contributed by atoms with van der Waals surface area (Å²) in [6.45, 7) is 7.25. The minimum atomic E-state index is -0.362. The molecule has 1 aromatic rings. The minimum absolute atomic E-state index is 0.179. The molecule has 0 radical (unpaired) electrons. The van der Waals surface area contributed by atoms with Gasteiger partial charge in [0.25, 0.3) is 0 Å². The first kappa shape index (κ1) is 16.0. The molecule has 0 amide bonds. The lowest BCUT2D eigenvalue weighted by molar-refractivity contribution is -0.104. The molecule has 0 aliphatic carbocycles. The van der Waals surface area contributed by atoms with Crippen LogP contribution >= 0.6 is 0 Å². The van der Waals surface area contributed by atoms with E-state index in [1.807, 2.05) is 13.0 Å². The Morgan fingerprint density at radius 3 is 2.45 bits per heavy atom. The number of esters is 1. The van der Waals surface area contributed by atoms with Gasteiger partial charge in [0.2, 0.25) is 0 Å². The Morgan fingerprint density at radius 1 is 1.30 bits per heavy atom. The first-order valence-corrected chi connectivity index (χ1v) is 6.43. The summed E-state index contributed by atoms with van der Waals surface area (Å²) < 4.78 is 10.6. The number of carbonyl (C=O) groups is 2. The van der Waals surface area contributed by atoms with Gasteiger partial charge in [-0.25, -0.2) is 4.79 Å². The lowest BCUT2D eigenvalue weighted by Crippen LogP contribution is -2.15. The van der Waals surface area contributed by atoms with Gasteiger partial charge in [0.15, 0.2) is 0 Å². The molecule has 0 N–H and O–H groups in total. The summed E-state index contributed by atoms with van der Waals surface area (Å²) in [5.74, 6) is 0.212. The topological polar surface area (TPSA) is 52.6 Å². The zero-order valence-electron chi connectivity index (χ0n) is 12.5. The van der Waals surface area contributed by atoms with Crippen LogP contribution in [0.2, 0.25) is 0 Å². The zero-order chi connectivity index (χ0) is 15.3. The van der Waals surface area contributed by atoms with Gasteiger partial charge in [-0.15, -0.1) is 0 Å². The number of ether oxygens (including phenoxy) is 2. The second-order valence-electron chi connectivity index (χ2n) is 4.77. The summed E-state index contributed by atoms with van der Waals surface area (Å²) >= 11 is 0. The number of aryl methyl sites for hydroxylation is 1. The van der Waals surface area contributed by atoms with Gasteiger partial charge < -0.3 is 9.47 Å². The Bertz CT molecular complexity index is 542. The highest BCUT2D eigenvalue weighted by Crippen LogP contribution is 2.31. The first-order chi connectivity index (χ1) is 9.42. The third-order valence-corrected chi connectivity index (χ3v) is 2.85. The Balaban J connectivity index is 3.38. The van der Waals surface area contributed by atoms with Crippen molar-refractivity contribution in [2.24, 2.45) is 0 Å². The molecule has 20 heavy (non-hydrogen) atoms. The molecule has 4 nitrogen and oxygen atoms in total. The molecule has 0 saturated heterocycles. The van der Waals surface area contributed by atoms with Crippen molar-refractivity contribution in [1.29, 1.82) is 0 Å². The summed E-state index contributed by atoms with van der Waals surface area (Å²) in [4.78, 5) is 22.6. The number of hydrogen-bond donors (Lipinski definition) is 0. The highest BCUT2D eigenvalue weighted by atomic mass is 16.5. The predicted octanol–water partition coefficient (Wildman–Crippen LogP) is 3.09. The Morgan fingerprint density at radius 2 is 1.95 bits per heavy atom. The fraction of sp³-hybridized carbons (Fsp3) is 0.375. The normalized spacial score (nSPS) is 10.9. The maximum atomic E-state index is 12.1. The summed E-state index contributed by atoms with van der Waals surface area (Å²) in [6, 6.07) is 1.81. The van der Waals surface area contributed by atoms with Crippen LogP contribution in [0.5, 0.6) is 5.75 Å². The van der Waals surface area contributed by atoms with Crippen molar-refractivity contribution in [3.05, 3.63) is 34.4 Å². The Kier molecular flexibility index (Phi) is 5.50. The van der Waals surface area contributed by atoms with Gasteiger partial charge in [-0.3, -0.25) is 4.79 Å². The molecule has 0 aliphatic heterocycles. The maximum absolute atomic E-state index is 12.1. The molecule has 4 heteroatoms. The SMILES string of the molecule is COc1c(C=CC=O)cc(C)c(C(=O)OC(C)C)c1C. The summed E-state index contributed by atoms with van der Waals surface area (Å²) in [5.41, 5.74) is 2.78. The molecule has 0 bridgehead atoms. The molecule has 0 atom stereocenters. The summed E-state index contributed by atoms with van der Waals surface area (Å²) in [7, 11) is 1.54. The molecule has 0 heterocycles. The molecule has 0 aliphatic rings. The van der Waals surface area contributed by atoms with E-state index in [4.69, 9.17) is 9.47 Å². The van der Waals surface area contributed by atoms with Crippen LogP contribution in [0.4, 0.5) is 0 Å². The van der Waals surface area contributed by atoms with Crippen LogP contribution in [0.15, 0.2) is 12.1 Å². The quantitative estimate of drug-likeness (QED) is 0.471. The van der Waals surface area contributed by atoms with Gasteiger partial charge >= 0.3 is 5.97 Å². The van der Waals surface area contributed by atoms with Crippen LogP contribution in [0.25, 0.3) is 6.08 Å². The standard InChI is InChI=1S/C16H20O4/c1-10(2)20-16(18)14-11(3)9-13(7-6-8-17)15(19-5)12(14)4/h6-10H,1-5H3. The Labute approximate surface area is 119 Å². The van der Waals surface area contributed by atoms with Gasteiger partial charge in [-0.1, -0.05) is 0 Å². The molecule has 0 aromatic heterocycles. The zero-order valence-corrected chi connectivity index (χ0v) is 12.5. The van der Waals surface area contributed by atoms with E-state index in [9.17, 15) is 9.59 Å². The van der Waals surface area contributed by atoms with Crippen molar-refractivity contribution >= 4 is 18.3 Å². The largest absolute Gasteiger partial charge is 0.496 e. The number of methoxy groups -OCH3 is 1. The van der Waals surface area contributed by atoms with Crippen LogP contribution in [-0.4, -0.2) is 25.5 Å². The number of benzene rings is 1. The molecule has 0 spiro atoms. The number of allylic oxidation sites excluding steroid dienone is 1. The van der Waals surface area contributed by atoms with E-state index in [0.717, 1.165) is 11.1 Å². The van der Waals surface area contributed by atoms with Gasteiger partial charge in [-0.2, -0.15) is 0 Å². The fourth-order valence-electron chi connectivity index (χ4n) is 2.12. The van der Waals surface area contributed by atoms with E-state index in [2.05, 4.69) is 0 Å². The molecule has 1 aromatic carbocycles. The van der Waals surface area contributed by atoms with Crippen LogP contribution in [0.3, 0.4) is 0 Å². The highest BCUT2D eigenvalue weighted by molar-refractivity contribution is 5.94. The Hall–Kier alpha value is -2.10. The third kappa shape index (κ3) is 3.47. The van der Waals surface area contributed by atoms with Crippen LogP contribution in [0.1, 0.15) is 40.9 Å². The van der Waals surface area contributed by atoms with Crippen LogP contribution < -0.4 is 4.74 Å². The molecule has 0 saturated carbocycles. The van der Waals surface area contributed by atoms with Crippen molar-refractivity contribution in [2.75, 3.05) is 7.11 Å². The van der Waals surface area contributed by atoms with Crippen molar-refractivity contribution in [2.45, 2.75) is 33.8 Å². The van der Waals surface area contributed by atoms with Crippen molar-refractivity contribution in [1.82, 2.24) is 0 Å².